The number of pyridine rings is 1. The lowest BCUT2D eigenvalue weighted by Crippen LogP contribution is -2.45. The number of aromatic nitrogens is 5. The fourth-order valence-corrected chi connectivity index (χ4v) is 3.99. The van der Waals surface area contributed by atoms with Crippen molar-refractivity contribution in [3.05, 3.63) is 56.0 Å². The largest absolute Gasteiger partial charge is 0.352 e. The molecule has 0 aromatic carbocycles. The highest BCUT2D eigenvalue weighted by Gasteiger charge is 2.26. The van der Waals surface area contributed by atoms with Crippen LogP contribution in [0.25, 0.3) is 11.2 Å². The van der Waals surface area contributed by atoms with Crippen molar-refractivity contribution < 1.29 is 4.79 Å². The highest BCUT2D eigenvalue weighted by Crippen LogP contribution is 2.26. The SMILES string of the molecule is CCNC(=O)c1cnc(N2CCC(n3c(=O)c(=O)n(C)c4cc(Cl)cnc43)CC2)nc1. The van der Waals surface area contributed by atoms with E-state index in [1.54, 1.807) is 13.1 Å². The van der Waals surface area contributed by atoms with Gasteiger partial charge in [-0.15, -0.1) is 0 Å². The quantitative estimate of drug-likeness (QED) is 0.601. The van der Waals surface area contributed by atoms with Crippen molar-refractivity contribution in [1.29, 1.82) is 0 Å². The zero-order chi connectivity index (χ0) is 22.1. The van der Waals surface area contributed by atoms with Gasteiger partial charge in [0.2, 0.25) is 5.95 Å². The number of aryl methyl sites for hydroxylation is 1. The Morgan fingerprint density at radius 1 is 1.13 bits per heavy atom. The summed E-state index contributed by atoms with van der Waals surface area (Å²) in [6, 6.07) is 1.46. The van der Waals surface area contributed by atoms with E-state index >= 15 is 0 Å². The normalized spacial score (nSPS) is 14.7. The van der Waals surface area contributed by atoms with Gasteiger partial charge in [0.1, 0.15) is 0 Å². The summed E-state index contributed by atoms with van der Waals surface area (Å²) in [5.74, 6) is 0.315. The number of fused-ring (bicyclic) bond motifs is 1. The molecule has 1 saturated heterocycles. The Morgan fingerprint density at radius 2 is 1.81 bits per heavy atom. The van der Waals surface area contributed by atoms with Crippen molar-refractivity contribution in [2.75, 3.05) is 24.5 Å². The molecular weight excluding hydrogens is 422 g/mol. The predicted molar refractivity (Wildman–Crippen MR) is 117 cm³/mol. The fraction of sp³-hybridized carbons (Fsp3) is 0.400. The molecule has 0 aliphatic carbocycles. The van der Waals surface area contributed by atoms with Crippen molar-refractivity contribution in [2.24, 2.45) is 7.05 Å². The van der Waals surface area contributed by atoms with Gasteiger partial charge >= 0.3 is 11.1 Å². The van der Waals surface area contributed by atoms with Crippen LogP contribution < -0.4 is 21.3 Å². The number of piperidine rings is 1. The second-order valence-corrected chi connectivity index (χ2v) is 7.82. The Morgan fingerprint density at radius 3 is 2.45 bits per heavy atom. The molecule has 4 heterocycles. The lowest BCUT2D eigenvalue weighted by molar-refractivity contribution is 0.0955. The van der Waals surface area contributed by atoms with Gasteiger partial charge in [0.25, 0.3) is 5.91 Å². The first-order chi connectivity index (χ1) is 14.9. The Bertz CT molecular complexity index is 1240. The third-order valence-corrected chi connectivity index (χ3v) is 5.67. The smallest absolute Gasteiger partial charge is 0.318 e. The van der Waals surface area contributed by atoms with Gasteiger partial charge in [0.05, 0.1) is 16.1 Å². The molecule has 3 aromatic heterocycles. The minimum atomic E-state index is -0.608. The maximum atomic E-state index is 12.8. The summed E-state index contributed by atoms with van der Waals surface area (Å²) in [6.45, 7) is 3.58. The summed E-state index contributed by atoms with van der Waals surface area (Å²) in [4.78, 5) is 52.1. The van der Waals surface area contributed by atoms with E-state index in [9.17, 15) is 14.4 Å². The number of amides is 1. The lowest BCUT2D eigenvalue weighted by atomic mass is 10.0. The third-order valence-electron chi connectivity index (χ3n) is 5.46. The summed E-state index contributed by atoms with van der Waals surface area (Å²) < 4.78 is 2.77. The van der Waals surface area contributed by atoms with Crippen molar-refractivity contribution in [2.45, 2.75) is 25.8 Å². The van der Waals surface area contributed by atoms with Gasteiger partial charge in [0, 0.05) is 51.3 Å². The van der Waals surface area contributed by atoms with Crippen molar-refractivity contribution in [3.8, 4) is 0 Å². The van der Waals surface area contributed by atoms with Crippen molar-refractivity contribution in [1.82, 2.24) is 29.4 Å². The van der Waals surface area contributed by atoms with Crippen LogP contribution in [-0.4, -0.2) is 49.6 Å². The first-order valence-electron chi connectivity index (χ1n) is 10.0. The van der Waals surface area contributed by atoms with Gasteiger partial charge in [-0.2, -0.15) is 0 Å². The van der Waals surface area contributed by atoms with Crippen LogP contribution in [0.5, 0.6) is 0 Å². The van der Waals surface area contributed by atoms with Crippen LogP contribution in [0.2, 0.25) is 5.02 Å². The molecule has 162 valence electrons. The second kappa shape index (κ2) is 8.46. The van der Waals surface area contributed by atoms with E-state index in [0.717, 1.165) is 0 Å². The first-order valence-corrected chi connectivity index (χ1v) is 10.4. The number of carbonyl (C=O) groups is 1. The fourth-order valence-electron chi connectivity index (χ4n) is 3.83. The molecule has 0 atom stereocenters. The zero-order valence-corrected chi connectivity index (χ0v) is 18.0. The van der Waals surface area contributed by atoms with Gasteiger partial charge < -0.3 is 14.8 Å². The predicted octanol–water partition coefficient (Wildman–Crippen LogP) is 1.13. The standard InChI is InChI=1S/C20H22ClN7O3/c1-3-22-17(29)12-9-24-20(25-10-12)27-6-4-14(5-7-27)28-16-15(8-13(21)11-23-16)26(2)18(30)19(28)31/h8-11,14H,3-7H2,1-2H3,(H,22,29). The number of carbonyl (C=O) groups excluding carboxylic acids is 1. The number of halogens is 1. The average Bonchev–Trinajstić information content (AvgIpc) is 2.79. The molecule has 10 nitrogen and oxygen atoms in total. The highest BCUT2D eigenvalue weighted by molar-refractivity contribution is 6.31. The molecule has 4 rings (SSSR count). The molecule has 1 amide bonds. The van der Waals surface area contributed by atoms with Gasteiger partial charge in [-0.1, -0.05) is 11.6 Å². The van der Waals surface area contributed by atoms with E-state index < -0.39 is 11.1 Å². The number of anilines is 1. The van der Waals surface area contributed by atoms with E-state index in [2.05, 4.69) is 20.3 Å². The van der Waals surface area contributed by atoms with Gasteiger partial charge in [-0.05, 0) is 25.8 Å². The minimum absolute atomic E-state index is 0.177. The van der Waals surface area contributed by atoms with Gasteiger partial charge in [-0.25, -0.2) is 15.0 Å². The van der Waals surface area contributed by atoms with Crippen LogP contribution >= 0.6 is 11.6 Å². The van der Waals surface area contributed by atoms with Crippen LogP contribution in [0.4, 0.5) is 5.95 Å². The van der Waals surface area contributed by atoms with Gasteiger partial charge in [0.15, 0.2) is 5.65 Å². The van der Waals surface area contributed by atoms with E-state index in [-0.39, 0.29) is 11.9 Å². The Labute approximate surface area is 182 Å². The summed E-state index contributed by atoms with van der Waals surface area (Å²) in [6.07, 6.45) is 5.73. The molecule has 1 fully saturated rings. The molecule has 3 aromatic rings. The minimum Gasteiger partial charge on any atom is -0.352 e. The van der Waals surface area contributed by atoms with Gasteiger partial charge in [-0.3, -0.25) is 19.0 Å². The molecule has 0 spiro atoms. The molecule has 0 saturated carbocycles. The molecule has 0 radical (unpaired) electrons. The van der Waals surface area contributed by atoms with Crippen LogP contribution in [-0.2, 0) is 7.05 Å². The summed E-state index contributed by atoms with van der Waals surface area (Å²) in [5, 5.41) is 3.11. The molecule has 1 aliphatic heterocycles. The Hall–Kier alpha value is -3.27. The molecule has 31 heavy (non-hydrogen) atoms. The van der Waals surface area contributed by atoms with E-state index in [1.165, 1.54) is 27.7 Å². The monoisotopic (exact) mass is 443 g/mol. The Balaban J connectivity index is 1.57. The Kier molecular flexibility index (Phi) is 5.73. The maximum absolute atomic E-state index is 12.8. The maximum Gasteiger partial charge on any atom is 0.318 e. The van der Waals surface area contributed by atoms with Crippen LogP contribution in [0, 0.1) is 0 Å². The molecule has 11 heteroatoms. The van der Waals surface area contributed by atoms with E-state index in [0.29, 0.717) is 60.2 Å². The summed E-state index contributed by atoms with van der Waals surface area (Å²) in [7, 11) is 1.54. The molecule has 0 unspecified atom stereocenters. The number of rotatable bonds is 4. The zero-order valence-electron chi connectivity index (χ0n) is 17.2. The summed E-state index contributed by atoms with van der Waals surface area (Å²) >= 11 is 6.05. The number of hydrogen-bond donors (Lipinski definition) is 1. The highest BCUT2D eigenvalue weighted by atomic mass is 35.5. The third kappa shape index (κ3) is 3.90. The van der Waals surface area contributed by atoms with E-state index in [1.807, 2.05) is 11.8 Å². The second-order valence-electron chi connectivity index (χ2n) is 7.39. The number of hydrogen-bond acceptors (Lipinski definition) is 7. The van der Waals surface area contributed by atoms with Crippen LogP contribution in [0.15, 0.2) is 34.2 Å². The number of nitrogens with one attached hydrogen (secondary N) is 1. The van der Waals surface area contributed by atoms with Crippen LogP contribution in [0.3, 0.4) is 0 Å². The number of nitrogens with zero attached hydrogens (tertiary/aromatic N) is 6. The van der Waals surface area contributed by atoms with E-state index in [4.69, 9.17) is 11.6 Å². The molecule has 1 aliphatic rings. The topological polar surface area (TPSA) is 115 Å². The van der Waals surface area contributed by atoms with Crippen molar-refractivity contribution >= 4 is 34.6 Å². The first kappa shape index (κ1) is 21.0. The molecule has 0 bridgehead atoms. The lowest BCUT2D eigenvalue weighted by Gasteiger charge is -2.33. The average molecular weight is 444 g/mol. The molecular formula is C20H22ClN7O3. The van der Waals surface area contributed by atoms with Crippen molar-refractivity contribution in [3.63, 3.8) is 0 Å². The van der Waals surface area contributed by atoms with Crippen LogP contribution in [0.1, 0.15) is 36.2 Å². The summed E-state index contributed by atoms with van der Waals surface area (Å²) in [5.41, 5.74) is 0.166. The molecule has 1 N–H and O–H groups in total.